The number of rotatable bonds is 1. The average molecular weight is 224 g/mol. The third-order valence-electron chi connectivity index (χ3n) is 1.46. The first-order valence-electron chi connectivity index (χ1n) is 3.74. The van der Waals surface area contributed by atoms with Crippen LogP contribution in [0.5, 0.6) is 0 Å². The molecule has 12 heavy (non-hydrogen) atoms. The van der Waals surface area contributed by atoms with Crippen LogP contribution in [0.25, 0.3) is 0 Å². The standard InChI is InChI=1S/C10H10BrN/c11-10-7-2-1-5-9(10)6-3-4-8-12/h1-2,5,7H,6,8,12H2. The van der Waals surface area contributed by atoms with E-state index in [2.05, 4.69) is 33.8 Å². The van der Waals surface area contributed by atoms with Crippen LogP contribution < -0.4 is 5.73 Å². The molecule has 2 heteroatoms. The third-order valence-corrected chi connectivity index (χ3v) is 2.24. The van der Waals surface area contributed by atoms with E-state index in [1.807, 2.05) is 18.2 Å². The van der Waals surface area contributed by atoms with Crippen molar-refractivity contribution in [3.8, 4) is 11.8 Å². The molecule has 0 radical (unpaired) electrons. The zero-order valence-corrected chi connectivity index (χ0v) is 8.26. The van der Waals surface area contributed by atoms with Gasteiger partial charge in [0.25, 0.3) is 0 Å². The summed E-state index contributed by atoms with van der Waals surface area (Å²) < 4.78 is 1.11. The lowest BCUT2D eigenvalue weighted by atomic mass is 10.2. The normalized spacial score (nSPS) is 8.83. The van der Waals surface area contributed by atoms with Gasteiger partial charge in [0.2, 0.25) is 0 Å². The summed E-state index contributed by atoms with van der Waals surface area (Å²) in [6, 6.07) is 8.06. The molecule has 0 atom stereocenters. The molecule has 0 fully saturated rings. The molecule has 0 spiro atoms. The maximum absolute atomic E-state index is 5.25. The molecule has 62 valence electrons. The number of nitrogens with two attached hydrogens (primary N) is 1. The van der Waals surface area contributed by atoms with Gasteiger partial charge in [0.15, 0.2) is 0 Å². The fourth-order valence-corrected chi connectivity index (χ4v) is 1.30. The second-order valence-electron chi connectivity index (χ2n) is 2.33. The predicted molar refractivity (Wildman–Crippen MR) is 54.7 cm³/mol. The fourth-order valence-electron chi connectivity index (χ4n) is 0.872. The summed E-state index contributed by atoms with van der Waals surface area (Å²) in [5.74, 6) is 5.82. The Balaban J connectivity index is 2.69. The molecule has 0 heterocycles. The van der Waals surface area contributed by atoms with Gasteiger partial charge in [-0.2, -0.15) is 0 Å². The minimum Gasteiger partial charge on any atom is -0.320 e. The van der Waals surface area contributed by atoms with Crippen LogP contribution in [0.4, 0.5) is 0 Å². The molecule has 0 aliphatic heterocycles. The van der Waals surface area contributed by atoms with Gasteiger partial charge in [0.05, 0.1) is 6.54 Å². The van der Waals surface area contributed by atoms with Crippen LogP contribution in [-0.4, -0.2) is 6.54 Å². The van der Waals surface area contributed by atoms with Gasteiger partial charge in [0, 0.05) is 10.9 Å². The minimum atomic E-state index is 0.435. The molecule has 1 aromatic rings. The average Bonchev–Trinajstić information content (AvgIpc) is 2.09. The molecule has 0 saturated carbocycles. The Morgan fingerprint density at radius 1 is 1.25 bits per heavy atom. The lowest BCUT2D eigenvalue weighted by Gasteiger charge is -1.96. The largest absolute Gasteiger partial charge is 0.320 e. The van der Waals surface area contributed by atoms with Crippen LogP contribution in [-0.2, 0) is 6.42 Å². The van der Waals surface area contributed by atoms with Gasteiger partial charge in [0.1, 0.15) is 0 Å². The van der Waals surface area contributed by atoms with Gasteiger partial charge >= 0.3 is 0 Å². The molecular weight excluding hydrogens is 214 g/mol. The summed E-state index contributed by atoms with van der Waals surface area (Å²) >= 11 is 3.45. The van der Waals surface area contributed by atoms with Crippen LogP contribution >= 0.6 is 15.9 Å². The summed E-state index contributed by atoms with van der Waals surface area (Å²) in [6.45, 7) is 0.435. The quantitative estimate of drug-likeness (QED) is 0.725. The first-order chi connectivity index (χ1) is 5.84. The molecule has 1 rings (SSSR count). The molecule has 2 N–H and O–H groups in total. The highest BCUT2D eigenvalue weighted by molar-refractivity contribution is 9.10. The zero-order valence-electron chi connectivity index (χ0n) is 6.68. The van der Waals surface area contributed by atoms with Crippen LogP contribution in [0, 0.1) is 11.8 Å². The molecule has 0 bridgehead atoms. The first-order valence-corrected chi connectivity index (χ1v) is 4.53. The van der Waals surface area contributed by atoms with Crippen molar-refractivity contribution in [1.29, 1.82) is 0 Å². The van der Waals surface area contributed by atoms with E-state index in [4.69, 9.17) is 5.73 Å². The Morgan fingerprint density at radius 3 is 2.67 bits per heavy atom. The Morgan fingerprint density at radius 2 is 2.00 bits per heavy atom. The number of hydrogen-bond acceptors (Lipinski definition) is 1. The van der Waals surface area contributed by atoms with E-state index in [9.17, 15) is 0 Å². The lowest BCUT2D eigenvalue weighted by molar-refractivity contribution is 1.26. The fraction of sp³-hybridized carbons (Fsp3) is 0.200. The van der Waals surface area contributed by atoms with Gasteiger partial charge in [-0.05, 0) is 11.6 Å². The van der Waals surface area contributed by atoms with E-state index in [0.29, 0.717) is 6.54 Å². The zero-order chi connectivity index (χ0) is 8.81. The molecule has 0 unspecified atom stereocenters. The highest BCUT2D eigenvalue weighted by Crippen LogP contribution is 2.15. The van der Waals surface area contributed by atoms with Crippen molar-refractivity contribution in [2.24, 2.45) is 5.73 Å². The lowest BCUT2D eigenvalue weighted by Crippen LogP contribution is -1.93. The molecule has 0 aliphatic rings. The van der Waals surface area contributed by atoms with E-state index in [-0.39, 0.29) is 0 Å². The molecule has 1 aromatic carbocycles. The van der Waals surface area contributed by atoms with Crippen molar-refractivity contribution in [1.82, 2.24) is 0 Å². The van der Waals surface area contributed by atoms with E-state index in [1.165, 1.54) is 5.56 Å². The summed E-state index contributed by atoms with van der Waals surface area (Å²) in [5, 5.41) is 0. The SMILES string of the molecule is NCC#CCc1ccccc1Br. The van der Waals surface area contributed by atoms with Gasteiger partial charge in [-0.3, -0.25) is 0 Å². The van der Waals surface area contributed by atoms with Gasteiger partial charge < -0.3 is 5.73 Å². The van der Waals surface area contributed by atoms with Crippen LogP contribution in [0.3, 0.4) is 0 Å². The smallest absolute Gasteiger partial charge is 0.0551 e. The summed E-state index contributed by atoms with van der Waals surface area (Å²) in [7, 11) is 0. The number of benzene rings is 1. The summed E-state index contributed by atoms with van der Waals surface area (Å²) in [4.78, 5) is 0. The Kier molecular flexibility index (Phi) is 3.86. The second kappa shape index (κ2) is 4.97. The van der Waals surface area contributed by atoms with Crippen molar-refractivity contribution in [2.45, 2.75) is 6.42 Å². The van der Waals surface area contributed by atoms with Crippen molar-refractivity contribution in [2.75, 3.05) is 6.54 Å². The highest BCUT2D eigenvalue weighted by atomic mass is 79.9. The maximum Gasteiger partial charge on any atom is 0.0551 e. The number of hydrogen-bond donors (Lipinski definition) is 1. The predicted octanol–water partition coefficient (Wildman–Crippen LogP) is 1.95. The van der Waals surface area contributed by atoms with Gasteiger partial charge in [-0.1, -0.05) is 46.0 Å². The monoisotopic (exact) mass is 223 g/mol. The molecular formula is C10H10BrN. The van der Waals surface area contributed by atoms with Crippen molar-refractivity contribution in [3.63, 3.8) is 0 Å². The Bertz CT molecular complexity index is 309. The first kappa shape index (κ1) is 9.31. The van der Waals surface area contributed by atoms with E-state index >= 15 is 0 Å². The summed E-state index contributed by atoms with van der Waals surface area (Å²) in [6.07, 6.45) is 0.763. The molecule has 0 aromatic heterocycles. The van der Waals surface area contributed by atoms with E-state index in [1.54, 1.807) is 0 Å². The minimum absolute atomic E-state index is 0.435. The summed E-state index contributed by atoms with van der Waals surface area (Å²) in [5.41, 5.74) is 6.45. The Labute approximate surface area is 81.1 Å². The van der Waals surface area contributed by atoms with Crippen molar-refractivity contribution < 1.29 is 0 Å². The van der Waals surface area contributed by atoms with Gasteiger partial charge in [-0.15, -0.1) is 0 Å². The molecule has 0 amide bonds. The van der Waals surface area contributed by atoms with Crippen LogP contribution in [0.1, 0.15) is 5.56 Å². The molecule has 0 saturated heterocycles. The van der Waals surface area contributed by atoms with Crippen molar-refractivity contribution in [3.05, 3.63) is 34.3 Å². The topological polar surface area (TPSA) is 26.0 Å². The van der Waals surface area contributed by atoms with Crippen LogP contribution in [0.2, 0.25) is 0 Å². The number of halogens is 1. The molecule has 0 aliphatic carbocycles. The maximum atomic E-state index is 5.25. The third kappa shape index (κ3) is 2.69. The van der Waals surface area contributed by atoms with E-state index in [0.717, 1.165) is 10.9 Å². The highest BCUT2D eigenvalue weighted by Gasteiger charge is 1.93. The van der Waals surface area contributed by atoms with Gasteiger partial charge in [-0.25, -0.2) is 0 Å². The van der Waals surface area contributed by atoms with Crippen LogP contribution in [0.15, 0.2) is 28.7 Å². The second-order valence-corrected chi connectivity index (χ2v) is 3.18. The van der Waals surface area contributed by atoms with Crippen molar-refractivity contribution >= 4 is 15.9 Å². The molecule has 1 nitrogen and oxygen atoms in total. The Hall–Kier alpha value is -0.780. The van der Waals surface area contributed by atoms with E-state index < -0.39 is 0 Å².